The van der Waals surface area contributed by atoms with Crippen LogP contribution in [0, 0.1) is 0 Å². The van der Waals surface area contributed by atoms with Crippen molar-refractivity contribution >= 4 is 23.6 Å². The van der Waals surface area contributed by atoms with Gasteiger partial charge in [-0.2, -0.15) is 0 Å². The normalized spacial score (nSPS) is 12.0. The third-order valence-electron chi connectivity index (χ3n) is 3.64. The van der Waals surface area contributed by atoms with Crippen LogP contribution in [0.15, 0.2) is 41.8 Å². The molecular formula is C18H24N4O3S. The Hall–Kier alpha value is -2.35. The Kier molecular flexibility index (Phi) is 7.65. The largest absolute Gasteiger partial charge is 0.466 e. The van der Waals surface area contributed by atoms with Gasteiger partial charge in [0.15, 0.2) is 5.16 Å². The molecule has 1 amide bonds. The molecule has 0 saturated carbocycles. The number of nitrogens with zero attached hydrogens (tertiary/aromatic N) is 3. The highest BCUT2D eigenvalue weighted by molar-refractivity contribution is 7.99. The summed E-state index contributed by atoms with van der Waals surface area (Å²) in [6, 6.07) is 9.20. The van der Waals surface area contributed by atoms with E-state index in [9.17, 15) is 9.59 Å². The van der Waals surface area contributed by atoms with Gasteiger partial charge >= 0.3 is 5.97 Å². The van der Waals surface area contributed by atoms with Crippen LogP contribution in [0.1, 0.15) is 44.8 Å². The Balaban J connectivity index is 1.99. The molecule has 0 aliphatic heterocycles. The number of carbonyl (C=O) groups excluding carboxylic acids is 2. The summed E-state index contributed by atoms with van der Waals surface area (Å²) < 4.78 is 6.93. The molecule has 2 rings (SSSR count). The van der Waals surface area contributed by atoms with Crippen LogP contribution in [-0.2, 0) is 14.3 Å². The fourth-order valence-corrected chi connectivity index (χ4v) is 3.24. The van der Waals surface area contributed by atoms with E-state index >= 15 is 0 Å². The number of rotatable bonds is 9. The number of nitrogens with one attached hydrogen (secondary N) is 1. The summed E-state index contributed by atoms with van der Waals surface area (Å²) in [5, 5.41) is 11.5. The van der Waals surface area contributed by atoms with Crippen LogP contribution in [0.25, 0.3) is 0 Å². The molecule has 7 nitrogen and oxygen atoms in total. The van der Waals surface area contributed by atoms with Gasteiger partial charge < -0.3 is 14.6 Å². The molecule has 0 bridgehead atoms. The van der Waals surface area contributed by atoms with E-state index in [1.807, 2.05) is 48.7 Å². The van der Waals surface area contributed by atoms with Gasteiger partial charge in [0.05, 0.1) is 24.8 Å². The maximum Gasteiger partial charge on any atom is 0.308 e. The molecule has 1 N–H and O–H groups in total. The number of thioether (sulfide) groups is 1. The van der Waals surface area contributed by atoms with Crippen LogP contribution in [-0.4, -0.2) is 39.0 Å². The van der Waals surface area contributed by atoms with E-state index in [1.54, 1.807) is 13.3 Å². The third-order valence-corrected chi connectivity index (χ3v) is 4.60. The molecule has 26 heavy (non-hydrogen) atoms. The van der Waals surface area contributed by atoms with Gasteiger partial charge in [-0.1, -0.05) is 42.1 Å². The average molecular weight is 376 g/mol. The van der Waals surface area contributed by atoms with Gasteiger partial charge in [0, 0.05) is 6.04 Å². The lowest BCUT2D eigenvalue weighted by molar-refractivity contribution is -0.143. The summed E-state index contributed by atoms with van der Waals surface area (Å²) in [6.45, 7) is 6.13. The summed E-state index contributed by atoms with van der Waals surface area (Å²) in [6.07, 6.45) is 1.74. The maximum atomic E-state index is 12.4. The van der Waals surface area contributed by atoms with Gasteiger partial charge in [-0.15, -0.1) is 10.2 Å². The molecule has 140 valence electrons. The van der Waals surface area contributed by atoms with Crippen molar-refractivity contribution < 1.29 is 14.3 Å². The van der Waals surface area contributed by atoms with Crippen LogP contribution in [0.2, 0.25) is 0 Å². The Bertz CT molecular complexity index is 718. The zero-order chi connectivity index (χ0) is 18.9. The first-order valence-corrected chi connectivity index (χ1v) is 9.52. The summed E-state index contributed by atoms with van der Waals surface area (Å²) in [5.41, 5.74) is 0.865. The van der Waals surface area contributed by atoms with Crippen molar-refractivity contribution in [3.05, 3.63) is 42.2 Å². The monoisotopic (exact) mass is 376 g/mol. The highest BCUT2D eigenvalue weighted by Gasteiger charge is 2.20. The molecule has 0 aliphatic rings. The second-order valence-corrected chi connectivity index (χ2v) is 6.89. The number of ether oxygens (including phenoxy) is 1. The van der Waals surface area contributed by atoms with E-state index in [1.165, 1.54) is 11.8 Å². The van der Waals surface area contributed by atoms with Crippen molar-refractivity contribution in [1.29, 1.82) is 0 Å². The molecule has 1 aromatic heterocycles. The quantitative estimate of drug-likeness (QED) is 0.535. The average Bonchev–Trinajstić information content (AvgIpc) is 3.09. The zero-order valence-electron chi connectivity index (χ0n) is 15.2. The standard InChI is InChI=1S/C18H24N4O3S/c1-4-25-17(24)10-15(14-8-6-5-7-9-14)20-16(23)11-26-18-21-19-12-22(18)13(2)3/h5-9,12-13,15H,4,10-11H2,1-3H3,(H,20,23). The predicted molar refractivity (Wildman–Crippen MR) is 99.7 cm³/mol. The minimum atomic E-state index is -0.425. The fraction of sp³-hybridized carbons (Fsp3) is 0.444. The Morgan fingerprint density at radius 3 is 2.65 bits per heavy atom. The van der Waals surface area contributed by atoms with Gasteiger partial charge in [0.1, 0.15) is 6.33 Å². The Morgan fingerprint density at radius 2 is 2.00 bits per heavy atom. The molecule has 0 spiro atoms. The highest BCUT2D eigenvalue weighted by Crippen LogP contribution is 2.20. The Morgan fingerprint density at radius 1 is 1.27 bits per heavy atom. The smallest absolute Gasteiger partial charge is 0.308 e. The first-order valence-electron chi connectivity index (χ1n) is 8.53. The van der Waals surface area contributed by atoms with E-state index in [2.05, 4.69) is 15.5 Å². The van der Waals surface area contributed by atoms with Crippen LogP contribution >= 0.6 is 11.8 Å². The molecule has 0 fully saturated rings. The minimum Gasteiger partial charge on any atom is -0.466 e. The minimum absolute atomic E-state index is 0.0937. The van der Waals surface area contributed by atoms with Crippen molar-refractivity contribution in [2.75, 3.05) is 12.4 Å². The number of hydrogen-bond donors (Lipinski definition) is 1. The first kappa shape index (κ1) is 20.0. The molecule has 1 unspecified atom stereocenters. The van der Waals surface area contributed by atoms with Gasteiger partial charge in [-0.3, -0.25) is 9.59 Å². The maximum absolute atomic E-state index is 12.4. The number of carbonyl (C=O) groups is 2. The molecular weight excluding hydrogens is 352 g/mol. The molecule has 2 aromatic rings. The van der Waals surface area contributed by atoms with Crippen LogP contribution in [0.3, 0.4) is 0 Å². The number of esters is 1. The molecule has 1 aromatic carbocycles. The lowest BCUT2D eigenvalue weighted by Crippen LogP contribution is -2.32. The number of hydrogen-bond acceptors (Lipinski definition) is 6. The van der Waals surface area contributed by atoms with E-state index in [4.69, 9.17) is 4.74 Å². The summed E-state index contributed by atoms with van der Waals surface area (Å²) in [5.74, 6) is -0.322. The number of aromatic nitrogens is 3. The first-order chi connectivity index (χ1) is 12.5. The van der Waals surface area contributed by atoms with Crippen molar-refractivity contribution in [3.63, 3.8) is 0 Å². The topological polar surface area (TPSA) is 86.1 Å². The summed E-state index contributed by atoms with van der Waals surface area (Å²) in [4.78, 5) is 24.3. The van der Waals surface area contributed by atoms with Crippen LogP contribution in [0.5, 0.6) is 0 Å². The van der Waals surface area contributed by atoms with Crippen molar-refractivity contribution in [3.8, 4) is 0 Å². The van der Waals surface area contributed by atoms with E-state index in [-0.39, 0.29) is 30.1 Å². The van der Waals surface area contributed by atoms with Crippen molar-refractivity contribution in [2.24, 2.45) is 0 Å². The zero-order valence-corrected chi connectivity index (χ0v) is 16.0. The summed E-state index contributed by atoms with van der Waals surface area (Å²) in [7, 11) is 0. The van der Waals surface area contributed by atoms with Gasteiger partial charge in [-0.25, -0.2) is 0 Å². The fourth-order valence-electron chi connectivity index (χ4n) is 2.38. The van der Waals surface area contributed by atoms with E-state index < -0.39 is 6.04 Å². The molecule has 0 radical (unpaired) electrons. The highest BCUT2D eigenvalue weighted by atomic mass is 32.2. The number of benzene rings is 1. The Labute approximate surface area is 157 Å². The molecule has 8 heteroatoms. The van der Waals surface area contributed by atoms with Gasteiger partial charge in [0.2, 0.25) is 5.91 Å². The SMILES string of the molecule is CCOC(=O)CC(NC(=O)CSc1nncn1C(C)C)c1ccccc1. The van der Waals surface area contributed by atoms with Gasteiger partial charge in [0.25, 0.3) is 0 Å². The molecule has 1 atom stereocenters. The van der Waals surface area contributed by atoms with Crippen molar-refractivity contribution in [1.82, 2.24) is 20.1 Å². The molecule has 1 heterocycles. The number of amides is 1. The third kappa shape index (κ3) is 5.87. The summed E-state index contributed by atoms with van der Waals surface area (Å²) >= 11 is 1.32. The van der Waals surface area contributed by atoms with Crippen LogP contribution in [0.4, 0.5) is 0 Å². The lowest BCUT2D eigenvalue weighted by atomic mass is 10.0. The second kappa shape index (κ2) is 9.96. The lowest BCUT2D eigenvalue weighted by Gasteiger charge is -2.18. The molecule has 0 aliphatic carbocycles. The van der Waals surface area contributed by atoms with E-state index in [0.29, 0.717) is 11.8 Å². The van der Waals surface area contributed by atoms with Gasteiger partial charge in [-0.05, 0) is 26.3 Å². The predicted octanol–water partition coefficient (Wildman–Crippen LogP) is 2.76. The molecule has 0 saturated heterocycles. The van der Waals surface area contributed by atoms with E-state index in [0.717, 1.165) is 5.56 Å². The second-order valence-electron chi connectivity index (χ2n) is 5.94. The van der Waals surface area contributed by atoms with Crippen molar-refractivity contribution in [2.45, 2.75) is 44.4 Å². The van der Waals surface area contributed by atoms with Crippen LogP contribution < -0.4 is 5.32 Å².